The molecule has 0 aliphatic rings. The van der Waals surface area contributed by atoms with E-state index in [-0.39, 0.29) is 0 Å². The van der Waals surface area contributed by atoms with Gasteiger partial charge in [-0.1, -0.05) is 97.1 Å². The third-order valence-corrected chi connectivity index (χ3v) is 9.56. The molecule has 9 rings (SSSR count). The van der Waals surface area contributed by atoms with Gasteiger partial charge in [-0.3, -0.25) is 4.57 Å². The van der Waals surface area contributed by atoms with Crippen molar-refractivity contribution in [3.63, 3.8) is 0 Å². The maximum Gasteiger partial charge on any atom is 0.147 e. The highest BCUT2D eigenvalue weighted by Gasteiger charge is 2.20. The van der Waals surface area contributed by atoms with E-state index in [1.807, 2.05) is 42.6 Å². The fourth-order valence-electron chi connectivity index (χ4n) is 6.41. The standard InChI is InChI=1S/C39H25N3S/c1-24-20-21-28(30-14-5-4-12-27(24)30)26-22-33-31-15-9-16-32(37(31)43-39(33)40-23-26)38-41-34-17-6-7-18-36(34)42(38)35-19-8-11-25-10-2-3-13-29(25)35/h2-23H,1H3/i1D3. The first-order valence-electron chi connectivity index (χ1n) is 15.8. The summed E-state index contributed by atoms with van der Waals surface area (Å²) >= 11 is 1.68. The average molecular weight is 571 g/mol. The predicted octanol–water partition coefficient (Wildman–Crippen LogP) is 10.7. The van der Waals surface area contributed by atoms with Gasteiger partial charge in [0, 0.05) is 42.3 Å². The van der Waals surface area contributed by atoms with Crippen molar-refractivity contribution >= 4 is 64.2 Å². The van der Waals surface area contributed by atoms with E-state index in [9.17, 15) is 0 Å². The average Bonchev–Trinajstić information content (AvgIpc) is 3.65. The van der Waals surface area contributed by atoms with E-state index in [1.54, 1.807) is 17.4 Å². The molecule has 6 aromatic carbocycles. The number of thiophene rings is 1. The summed E-state index contributed by atoms with van der Waals surface area (Å²) in [5, 5.41) is 6.18. The highest BCUT2D eigenvalue weighted by Crippen LogP contribution is 2.42. The number of hydrogen-bond acceptors (Lipinski definition) is 3. The van der Waals surface area contributed by atoms with Gasteiger partial charge in [0.05, 0.1) is 16.7 Å². The fourth-order valence-corrected chi connectivity index (χ4v) is 7.55. The highest BCUT2D eigenvalue weighted by atomic mass is 32.1. The van der Waals surface area contributed by atoms with E-state index in [4.69, 9.17) is 14.1 Å². The largest absolute Gasteiger partial charge is 0.292 e. The Morgan fingerprint density at radius 2 is 1.42 bits per heavy atom. The number of aryl methyl sites for hydroxylation is 1. The third-order valence-electron chi connectivity index (χ3n) is 8.40. The Morgan fingerprint density at radius 1 is 0.651 bits per heavy atom. The summed E-state index contributed by atoms with van der Waals surface area (Å²) in [7, 11) is 0. The molecule has 0 bridgehead atoms. The molecule has 0 amide bonds. The van der Waals surface area contributed by atoms with E-state index >= 15 is 0 Å². The van der Waals surface area contributed by atoms with Crippen molar-refractivity contribution in [1.29, 1.82) is 0 Å². The number of benzene rings is 6. The molecule has 3 nitrogen and oxygen atoms in total. The molecule has 0 aliphatic carbocycles. The van der Waals surface area contributed by atoms with E-state index < -0.39 is 6.85 Å². The van der Waals surface area contributed by atoms with Crippen LogP contribution in [0.3, 0.4) is 0 Å². The Hall–Kier alpha value is -5.32. The number of para-hydroxylation sites is 2. The van der Waals surface area contributed by atoms with Crippen LogP contribution in [0, 0.1) is 6.85 Å². The second-order valence-corrected chi connectivity index (χ2v) is 11.8. The van der Waals surface area contributed by atoms with Gasteiger partial charge in [-0.15, -0.1) is 11.3 Å². The summed E-state index contributed by atoms with van der Waals surface area (Å²) in [5.74, 6) is 0.890. The first-order valence-corrected chi connectivity index (χ1v) is 15.1. The van der Waals surface area contributed by atoms with Crippen molar-refractivity contribution in [2.24, 2.45) is 0 Å². The van der Waals surface area contributed by atoms with Crippen molar-refractivity contribution in [3.05, 3.63) is 139 Å². The van der Waals surface area contributed by atoms with Crippen molar-refractivity contribution in [3.8, 4) is 28.2 Å². The second kappa shape index (κ2) is 9.35. The molecule has 202 valence electrons. The zero-order valence-corrected chi connectivity index (χ0v) is 23.8. The Labute approximate surface area is 256 Å². The lowest BCUT2D eigenvalue weighted by molar-refractivity contribution is 1.12. The fraction of sp³-hybridized carbons (Fsp3) is 0.0256. The van der Waals surface area contributed by atoms with Gasteiger partial charge >= 0.3 is 0 Å². The number of pyridine rings is 1. The topological polar surface area (TPSA) is 30.7 Å². The van der Waals surface area contributed by atoms with Gasteiger partial charge in [-0.2, -0.15) is 0 Å². The molecule has 0 spiro atoms. The number of imidazole rings is 1. The zero-order chi connectivity index (χ0) is 31.0. The first kappa shape index (κ1) is 21.4. The molecule has 0 N–H and O–H groups in total. The molecule has 0 aliphatic heterocycles. The number of aromatic nitrogens is 3. The lowest BCUT2D eigenvalue weighted by Crippen LogP contribution is -1.98. The lowest BCUT2D eigenvalue weighted by atomic mass is 9.96. The van der Waals surface area contributed by atoms with Gasteiger partial charge in [-0.05, 0) is 64.5 Å². The van der Waals surface area contributed by atoms with Crippen molar-refractivity contribution < 1.29 is 4.11 Å². The van der Waals surface area contributed by atoms with Crippen LogP contribution in [0.2, 0.25) is 0 Å². The summed E-state index contributed by atoms with van der Waals surface area (Å²) in [5.41, 5.74) is 6.42. The minimum atomic E-state index is -2.19. The number of hydrogen-bond donors (Lipinski definition) is 0. The molecule has 0 atom stereocenters. The Morgan fingerprint density at radius 3 is 2.35 bits per heavy atom. The van der Waals surface area contributed by atoms with Crippen LogP contribution in [-0.2, 0) is 0 Å². The van der Waals surface area contributed by atoms with Crippen LogP contribution < -0.4 is 0 Å². The Kier molecular flexibility index (Phi) is 4.65. The number of nitrogens with zero attached hydrogens (tertiary/aromatic N) is 3. The maximum absolute atomic E-state index is 8.06. The predicted molar refractivity (Wildman–Crippen MR) is 182 cm³/mol. The van der Waals surface area contributed by atoms with Gasteiger partial charge in [0.1, 0.15) is 10.7 Å². The lowest BCUT2D eigenvalue weighted by Gasteiger charge is -2.13. The van der Waals surface area contributed by atoms with E-state index in [2.05, 4.69) is 89.5 Å². The molecule has 3 aromatic heterocycles. The maximum atomic E-state index is 8.06. The van der Waals surface area contributed by atoms with Gasteiger partial charge in [-0.25, -0.2) is 9.97 Å². The Bertz CT molecular complexity index is 2640. The van der Waals surface area contributed by atoms with Gasteiger partial charge in [0.2, 0.25) is 0 Å². The van der Waals surface area contributed by atoms with Crippen molar-refractivity contribution in [2.45, 2.75) is 6.85 Å². The molecule has 9 aromatic rings. The molecule has 0 radical (unpaired) electrons. The van der Waals surface area contributed by atoms with Crippen molar-refractivity contribution in [1.82, 2.24) is 14.5 Å². The smallest absolute Gasteiger partial charge is 0.147 e. The highest BCUT2D eigenvalue weighted by molar-refractivity contribution is 7.26. The summed E-state index contributed by atoms with van der Waals surface area (Å²) in [6.07, 6.45) is 1.90. The van der Waals surface area contributed by atoms with E-state index in [1.165, 1.54) is 10.8 Å². The SMILES string of the molecule is [2H]C([2H])([2H])c1ccc(-c2cnc3sc4c(-c5nc6ccccc6n5-c5cccc6ccccc56)cccc4c3c2)c2ccccc12. The van der Waals surface area contributed by atoms with E-state index in [0.29, 0.717) is 5.56 Å². The van der Waals surface area contributed by atoms with Crippen LogP contribution in [0.15, 0.2) is 134 Å². The third kappa shape index (κ3) is 3.67. The first-order chi connectivity index (χ1) is 22.5. The van der Waals surface area contributed by atoms with Crippen molar-refractivity contribution in [2.75, 3.05) is 0 Å². The van der Waals surface area contributed by atoms with E-state index in [0.717, 1.165) is 70.3 Å². The van der Waals surface area contributed by atoms with Crippen LogP contribution in [0.4, 0.5) is 0 Å². The quantitative estimate of drug-likeness (QED) is 0.211. The molecule has 0 saturated heterocycles. The van der Waals surface area contributed by atoms with Gasteiger partial charge in [0.25, 0.3) is 0 Å². The van der Waals surface area contributed by atoms with Crippen LogP contribution in [-0.4, -0.2) is 14.5 Å². The molecular weight excluding hydrogens is 543 g/mol. The molecular formula is C39H25N3S. The molecule has 0 fully saturated rings. The number of rotatable bonds is 3. The summed E-state index contributed by atoms with van der Waals surface area (Å²) in [6.45, 7) is -2.19. The molecule has 3 heterocycles. The van der Waals surface area contributed by atoms with Crippen LogP contribution >= 0.6 is 11.3 Å². The molecule has 4 heteroatoms. The monoisotopic (exact) mass is 570 g/mol. The summed E-state index contributed by atoms with van der Waals surface area (Å²) in [6, 6.07) is 43.2. The van der Waals surface area contributed by atoms with Gasteiger partial charge < -0.3 is 0 Å². The normalized spacial score (nSPS) is 13.2. The summed E-state index contributed by atoms with van der Waals surface area (Å²) in [4.78, 5) is 11.1. The number of fused-ring (bicyclic) bond motifs is 6. The van der Waals surface area contributed by atoms with Gasteiger partial charge in [0.15, 0.2) is 0 Å². The zero-order valence-electron chi connectivity index (χ0n) is 26.0. The van der Waals surface area contributed by atoms with Crippen LogP contribution in [0.25, 0.3) is 81.1 Å². The van der Waals surface area contributed by atoms with Crippen LogP contribution in [0.5, 0.6) is 0 Å². The Balaban J connectivity index is 1.28. The minimum Gasteiger partial charge on any atom is -0.292 e. The minimum absolute atomic E-state index is 0.362. The molecule has 43 heavy (non-hydrogen) atoms. The second-order valence-electron chi connectivity index (χ2n) is 10.8. The van der Waals surface area contributed by atoms with Crippen LogP contribution in [0.1, 0.15) is 9.68 Å². The summed E-state index contributed by atoms with van der Waals surface area (Å²) < 4.78 is 27.6. The molecule has 0 saturated carbocycles. The molecule has 0 unspecified atom stereocenters.